The van der Waals surface area contributed by atoms with Gasteiger partial charge in [-0.15, -0.1) is 16.4 Å². The highest BCUT2D eigenvalue weighted by molar-refractivity contribution is 7.15. The molecule has 1 atom stereocenters. The number of carbonyl (C=O) groups excluding carboxylic acids is 2. The second kappa shape index (κ2) is 9.05. The van der Waals surface area contributed by atoms with Crippen LogP contribution in [-0.2, 0) is 16.0 Å². The minimum Gasteiger partial charge on any atom is -0.347 e. The number of carbonyl (C=O) groups is 2. The molecule has 0 aliphatic carbocycles. The van der Waals surface area contributed by atoms with Crippen LogP contribution in [0.4, 0.5) is 4.39 Å². The van der Waals surface area contributed by atoms with Crippen LogP contribution in [0.1, 0.15) is 24.2 Å². The van der Waals surface area contributed by atoms with E-state index < -0.39 is 11.8 Å². The number of nitrogens with zero attached hydrogens (tertiary/aromatic N) is 3. The van der Waals surface area contributed by atoms with Crippen molar-refractivity contribution in [3.8, 4) is 11.4 Å². The van der Waals surface area contributed by atoms with E-state index >= 15 is 0 Å². The van der Waals surface area contributed by atoms with Gasteiger partial charge in [0.2, 0.25) is 4.96 Å². The number of halogens is 1. The molecule has 0 bridgehead atoms. The summed E-state index contributed by atoms with van der Waals surface area (Å²) in [5, 5.41) is 11.7. The average Bonchev–Trinajstić information content (AvgIpc) is 3.36. The summed E-state index contributed by atoms with van der Waals surface area (Å²) in [5.41, 5.74) is 2.51. The Kier molecular flexibility index (Phi) is 6.03. The smallest absolute Gasteiger partial charge is 0.309 e. The molecule has 2 amide bonds. The van der Waals surface area contributed by atoms with Gasteiger partial charge in [-0.3, -0.25) is 9.59 Å². The highest BCUT2D eigenvalue weighted by atomic mass is 32.1. The largest absolute Gasteiger partial charge is 0.347 e. The van der Waals surface area contributed by atoms with Gasteiger partial charge in [0, 0.05) is 23.9 Å². The lowest BCUT2D eigenvalue weighted by Gasteiger charge is -2.13. The molecule has 0 fully saturated rings. The molecule has 0 aliphatic rings. The van der Waals surface area contributed by atoms with Crippen molar-refractivity contribution in [2.75, 3.05) is 6.54 Å². The summed E-state index contributed by atoms with van der Waals surface area (Å²) in [5.74, 6) is -1.17. The predicted octanol–water partition coefficient (Wildman–Crippen LogP) is 3.13. The van der Waals surface area contributed by atoms with Crippen molar-refractivity contribution in [3.05, 3.63) is 77.1 Å². The Morgan fingerprint density at radius 2 is 1.84 bits per heavy atom. The summed E-state index contributed by atoms with van der Waals surface area (Å²) >= 11 is 1.43. The van der Waals surface area contributed by atoms with Crippen LogP contribution >= 0.6 is 11.3 Å². The number of rotatable bonds is 6. The lowest BCUT2D eigenvalue weighted by molar-refractivity contribution is -0.139. The lowest BCUT2D eigenvalue weighted by atomic mass is 10.1. The van der Waals surface area contributed by atoms with E-state index in [0.717, 1.165) is 16.8 Å². The first-order valence-electron chi connectivity index (χ1n) is 9.74. The van der Waals surface area contributed by atoms with Gasteiger partial charge in [-0.05, 0) is 36.8 Å². The fourth-order valence-electron chi connectivity index (χ4n) is 3.09. The van der Waals surface area contributed by atoms with Crippen LogP contribution in [0.2, 0.25) is 0 Å². The minimum atomic E-state index is -0.681. The number of amides is 2. The highest BCUT2D eigenvalue weighted by Gasteiger charge is 2.17. The number of nitrogens with one attached hydrogen (secondary N) is 2. The molecule has 4 rings (SSSR count). The van der Waals surface area contributed by atoms with Gasteiger partial charge in [-0.2, -0.15) is 4.98 Å². The van der Waals surface area contributed by atoms with Crippen LogP contribution < -0.4 is 10.6 Å². The molecule has 7 nitrogen and oxygen atoms in total. The first-order valence-corrected chi connectivity index (χ1v) is 10.6. The Morgan fingerprint density at radius 3 is 2.58 bits per heavy atom. The molecule has 2 heterocycles. The van der Waals surface area contributed by atoms with Gasteiger partial charge in [-0.1, -0.05) is 30.3 Å². The Labute approximate surface area is 181 Å². The molecule has 2 aromatic heterocycles. The molecule has 158 valence electrons. The van der Waals surface area contributed by atoms with Crippen molar-refractivity contribution in [3.63, 3.8) is 0 Å². The highest BCUT2D eigenvalue weighted by Crippen LogP contribution is 2.21. The second-order valence-electron chi connectivity index (χ2n) is 6.98. The van der Waals surface area contributed by atoms with E-state index in [2.05, 4.69) is 20.7 Å². The molecular formula is C22H20FN5O2S. The Bertz CT molecular complexity index is 1200. The fourth-order valence-corrected chi connectivity index (χ4v) is 3.95. The molecule has 2 N–H and O–H groups in total. The van der Waals surface area contributed by atoms with Crippen LogP contribution in [0.15, 0.2) is 60.0 Å². The first-order chi connectivity index (χ1) is 15.0. The number of hydrogen-bond acceptors (Lipinski definition) is 5. The Morgan fingerprint density at radius 1 is 1.10 bits per heavy atom. The van der Waals surface area contributed by atoms with Crippen molar-refractivity contribution >= 4 is 28.1 Å². The Hall–Kier alpha value is -3.59. The molecule has 0 radical (unpaired) electrons. The van der Waals surface area contributed by atoms with Crippen molar-refractivity contribution in [1.82, 2.24) is 25.2 Å². The van der Waals surface area contributed by atoms with Gasteiger partial charge >= 0.3 is 11.8 Å². The molecule has 2 aromatic carbocycles. The van der Waals surface area contributed by atoms with E-state index in [4.69, 9.17) is 0 Å². The van der Waals surface area contributed by atoms with Gasteiger partial charge in [0.1, 0.15) is 5.82 Å². The monoisotopic (exact) mass is 437 g/mol. The molecule has 4 aromatic rings. The number of fused-ring (bicyclic) bond motifs is 1. The zero-order chi connectivity index (χ0) is 21.8. The summed E-state index contributed by atoms with van der Waals surface area (Å²) in [6.07, 6.45) is 0.486. The molecule has 1 unspecified atom stereocenters. The van der Waals surface area contributed by atoms with E-state index in [-0.39, 0.29) is 18.4 Å². The van der Waals surface area contributed by atoms with E-state index in [1.807, 2.05) is 42.6 Å². The summed E-state index contributed by atoms with van der Waals surface area (Å²) < 4.78 is 14.8. The van der Waals surface area contributed by atoms with Crippen molar-refractivity contribution < 1.29 is 14.0 Å². The molecule has 0 spiro atoms. The fraction of sp³-hybridized carbons (Fsp3) is 0.182. The summed E-state index contributed by atoms with van der Waals surface area (Å²) in [7, 11) is 0. The number of hydrogen-bond donors (Lipinski definition) is 2. The van der Waals surface area contributed by atoms with Crippen LogP contribution in [0, 0.1) is 5.82 Å². The molecular weight excluding hydrogens is 417 g/mol. The average molecular weight is 438 g/mol. The van der Waals surface area contributed by atoms with Gasteiger partial charge in [0.25, 0.3) is 0 Å². The van der Waals surface area contributed by atoms with Crippen molar-refractivity contribution in [1.29, 1.82) is 0 Å². The number of thiazole rings is 1. The third-order valence-corrected chi connectivity index (χ3v) is 5.64. The maximum Gasteiger partial charge on any atom is 0.309 e. The first kappa shape index (κ1) is 20.7. The summed E-state index contributed by atoms with van der Waals surface area (Å²) in [4.78, 5) is 29.4. The summed E-state index contributed by atoms with van der Waals surface area (Å²) in [6, 6.07) is 15.2. The maximum atomic E-state index is 13.1. The van der Waals surface area contributed by atoms with Gasteiger partial charge in [-0.25, -0.2) is 8.91 Å². The lowest BCUT2D eigenvalue weighted by Crippen LogP contribution is -2.41. The second-order valence-corrected chi connectivity index (χ2v) is 7.81. The van der Waals surface area contributed by atoms with Crippen LogP contribution in [0.25, 0.3) is 16.3 Å². The third-order valence-electron chi connectivity index (χ3n) is 4.77. The third kappa shape index (κ3) is 4.77. The minimum absolute atomic E-state index is 0.268. The molecule has 0 saturated heterocycles. The molecule has 0 aliphatic heterocycles. The van der Waals surface area contributed by atoms with Crippen LogP contribution in [-0.4, -0.2) is 33.0 Å². The summed E-state index contributed by atoms with van der Waals surface area (Å²) in [6.45, 7) is 2.11. The standard InChI is InChI=1S/C22H20FN5O2S/c1-14(15-5-3-2-4-6-15)25-21(30)20(29)24-12-11-18-13-31-22-26-19(27-28(18)22)16-7-9-17(23)10-8-16/h2-10,13-14H,11-12H2,1H3,(H,24,29)(H,25,30). The topological polar surface area (TPSA) is 88.4 Å². The van der Waals surface area contributed by atoms with Gasteiger partial charge < -0.3 is 10.6 Å². The normalized spacial score (nSPS) is 11.9. The Balaban J connectivity index is 1.33. The van der Waals surface area contributed by atoms with Crippen LogP contribution in [0.3, 0.4) is 0 Å². The quantitative estimate of drug-likeness (QED) is 0.454. The molecule has 0 saturated carbocycles. The van der Waals surface area contributed by atoms with Gasteiger partial charge in [0.05, 0.1) is 11.7 Å². The zero-order valence-electron chi connectivity index (χ0n) is 16.7. The zero-order valence-corrected chi connectivity index (χ0v) is 17.5. The van der Waals surface area contributed by atoms with Crippen LogP contribution in [0.5, 0.6) is 0 Å². The van der Waals surface area contributed by atoms with E-state index in [1.165, 1.54) is 23.5 Å². The SMILES string of the molecule is CC(NC(=O)C(=O)NCCc1csc2nc(-c3ccc(F)cc3)nn12)c1ccccc1. The van der Waals surface area contributed by atoms with Crippen molar-refractivity contribution in [2.24, 2.45) is 0 Å². The van der Waals surface area contributed by atoms with E-state index in [9.17, 15) is 14.0 Å². The van der Waals surface area contributed by atoms with Gasteiger partial charge in [0.15, 0.2) is 5.82 Å². The van der Waals surface area contributed by atoms with E-state index in [0.29, 0.717) is 17.2 Å². The number of benzene rings is 2. The predicted molar refractivity (Wildman–Crippen MR) is 116 cm³/mol. The molecule has 9 heteroatoms. The maximum absolute atomic E-state index is 13.1. The van der Waals surface area contributed by atoms with E-state index in [1.54, 1.807) is 16.6 Å². The number of aromatic nitrogens is 3. The molecule has 31 heavy (non-hydrogen) atoms. The van der Waals surface area contributed by atoms with Crippen molar-refractivity contribution in [2.45, 2.75) is 19.4 Å².